The van der Waals surface area contributed by atoms with Crippen molar-refractivity contribution in [1.82, 2.24) is 37.5 Å². The molecule has 0 saturated heterocycles. The van der Waals surface area contributed by atoms with Crippen molar-refractivity contribution in [3.8, 4) is 45.0 Å². The van der Waals surface area contributed by atoms with Gasteiger partial charge in [0.05, 0.1) is 22.8 Å². The van der Waals surface area contributed by atoms with Crippen LogP contribution in [-0.2, 0) is 0 Å². The van der Waals surface area contributed by atoms with Crippen molar-refractivity contribution in [2.45, 2.75) is 27.7 Å². The quantitative estimate of drug-likeness (QED) is 0.165. The zero-order valence-corrected chi connectivity index (χ0v) is 46.2. The highest BCUT2D eigenvalue weighted by Crippen LogP contribution is 2.31. The second-order valence-corrected chi connectivity index (χ2v) is 20.0. The maximum absolute atomic E-state index is 4.60. The Bertz CT molecular complexity index is 3170. The van der Waals surface area contributed by atoms with Crippen LogP contribution in [0.5, 0.6) is 0 Å². The summed E-state index contributed by atoms with van der Waals surface area (Å²) in [5, 5.41) is 0. The SMILES string of the molecule is Cc1cccc2nc(I)c(-c3ccccc3)n12.Cc1cccc2nc(I)c(-c3ccccc3)n12.Cc1cccc2nc(I)c(-c3ccccc3)n12.Cc1cccc2nc(I)c(-c3ccccc3)n12. The number of rotatable bonds is 4. The lowest BCUT2D eigenvalue weighted by Crippen LogP contribution is -1.93. The monoisotopic (exact) mass is 1340 g/mol. The summed E-state index contributed by atoms with van der Waals surface area (Å²) < 4.78 is 13.0. The van der Waals surface area contributed by atoms with Crippen LogP contribution in [0, 0.1) is 42.5 Å². The predicted octanol–water partition coefficient (Wildman–Crippen LogP) is 15.7. The number of halogens is 4. The van der Waals surface area contributed by atoms with Gasteiger partial charge < -0.3 is 0 Å². The lowest BCUT2D eigenvalue weighted by molar-refractivity contribution is 1.10. The lowest BCUT2D eigenvalue weighted by atomic mass is 10.2. The molecule has 0 saturated carbocycles. The summed E-state index contributed by atoms with van der Waals surface area (Å²) >= 11 is 9.21. The standard InChI is InChI=1S/4C14H11IN2/c4*1-10-6-5-9-12-16-14(15)13(17(10)12)11-7-3-2-4-8-11/h4*2-9H,1H3. The van der Waals surface area contributed by atoms with Gasteiger partial charge in [0.2, 0.25) is 0 Å². The molecule has 0 atom stereocenters. The highest BCUT2D eigenvalue weighted by atomic mass is 127. The average Bonchev–Trinajstić information content (AvgIpc) is 4.10. The van der Waals surface area contributed by atoms with Gasteiger partial charge in [0, 0.05) is 45.0 Å². The van der Waals surface area contributed by atoms with E-state index in [1.54, 1.807) is 0 Å². The van der Waals surface area contributed by atoms with Crippen molar-refractivity contribution in [2.24, 2.45) is 0 Å². The zero-order valence-electron chi connectivity index (χ0n) is 37.6. The van der Waals surface area contributed by atoms with E-state index in [0.717, 1.165) is 37.4 Å². The van der Waals surface area contributed by atoms with Crippen LogP contribution >= 0.6 is 90.4 Å². The average molecular weight is 1340 g/mol. The van der Waals surface area contributed by atoms with E-state index < -0.39 is 0 Å². The molecule has 12 heteroatoms. The fraction of sp³-hybridized carbons (Fsp3) is 0.0714. The van der Waals surface area contributed by atoms with Gasteiger partial charge in [0.25, 0.3) is 0 Å². The molecule has 0 unspecified atom stereocenters. The van der Waals surface area contributed by atoms with Crippen LogP contribution < -0.4 is 0 Å². The molecule has 0 N–H and O–H groups in total. The van der Waals surface area contributed by atoms with Crippen LogP contribution in [0.4, 0.5) is 0 Å². The van der Waals surface area contributed by atoms with E-state index in [1.165, 1.54) is 67.8 Å². The largest absolute Gasteiger partial charge is 0.296 e. The maximum Gasteiger partial charge on any atom is 0.138 e. The second-order valence-electron chi connectivity index (χ2n) is 15.9. The Morgan fingerprint density at radius 3 is 0.632 bits per heavy atom. The molecule has 0 radical (unpaired) electrons. The van der Waals surface area contributed by atoms with E-state index in [1.807, 2.05) is 72.8 Å². The van der Waals surface area contributed by atoms with Gasteiger partial charge in [-0.1, -0.05) is 146 Å². The predicted molar refractivity (Wildman–Crippen MR) is 312 cm³/mol. The third-order valence-electron chi connectivity index (χ3n) is 11.4. The van der Waals surface area contributed by atoms with Crippen molar-refractivity contribution >= 4 is 113 Å². The molecule has 0 bridgehead atoms. The summed E-state index contributed by atoms with van der Waals surface area (Å²) in [6.07, 6.45) is 0. The third kappa shape index (κ3) is 10.0. The topological polar surface area (TPSA) is 69.2 Å². The molecule has 0 spiro atoms. The van der Waals surface area contributed by atoms with Crippen molar-refractivity contribution in [3.63, 3.8) is 0 Å². The third-order valence-corrected chi connectivity index (χ3v) is 14.4. The normalized spacial score (nSPS) is 10.9. The Morgan fingerprint density at radius 1 is 0.250 bits per heavy atom. The first kappa shape index (κ1) is 47.6. The van der Waals surface area contributed by atoms with Gasteiger partial charge in [0.1, 0.15) is 37.4 Å². The first-order valence-corrected chi connectivity index (χ1v) is 26.2. The molecule has 68 heavy (non-hydrogen) atoms. The Kier molecular flexibility index (Phi) is 15.0. The first-order chi connectivity index (χ1) is 33.1. The number of aromatic nitrogens is 8. The zero-order chi connectivity index (χ0) is 47.3. The van der Waals surface area contributed by atoms with Crippen molar-refractivity contribution in [2.75, 3.05) is 0 Å². The molecule has 336 valence electrons. The Labute approximate surface area is 450 Å². The summed E-state index contributed by atoms with van der Waals surface area (Å²) in [7, 11) is 0. The molecule has 12 rings (SSSR count). The van der Waals surface area contributed by atoms with E-state index in [9.17, 15) is 0 Å². The number of fused-ring (bicyclic) bond motifs is 4. The lowest BCUT2D eigenvalue weighted by Gasteiger charge is -2.05. The molecular formula is C56H44I4N8. The molecule has 8 aromatic heterocycles. The van der Waals surface area contributed by atoms with Crippen LogP contribution in [-0.4, -0.2) is 37.5 Å². The van der Waals surface area contributed by atoms with Gasteiger partial charge in [-0.3, -0.25) is 17.6 Å². The van der Waals surface area contributed by atoms with Gasteiger partial charge in [0.15, 0.2) is 0 Å². The minimum atomic E-state index is 1.01. The van der Waals surface area contributed by atoms with Gasteiger partial charge >= 0.3 is 0 Å². The summed E-state index contributed by atoms with van der Waals surface area (Å²) in [4.78, 5) is 18.4. The van der Waals surface area contributed by atoms with Crippen LogP contribution in [0.25, 0.3) is 67.6 Å². The Balaban J connectivity index is 0.000000113. The number of hydrogen-bond donors (Lipinski definition) is 0. The minimum Gasteiger partial charge on any atom is -0.296 e. The fourth-order valence-corrected chi connectivity index (χ4v) is 11.5. The van der Waals surface area contributed by atoms with Crippen LogP contribution in [0.15, 0.2) is 194 Å². The molecule has 8 nitrogen and oxygen atoms in total. The van der Waals surface area contributed by atoms with Gasteiger partial charge in [-0.25, -0.2) is 19.9 Å². The van der Waals surface area contributed by atoms with Crippen molar-refractivity contribution < 1.29 is 0 Å². The van der Waals surface area contributed by atoms with Crippen LogP contribution in [0.1, 0.15) is 22.8 Å². The number of aryl methyl sites for hydroxylation is 4. The molecule has 0 fully saturated rings. The summed E-state index contributed by atoms with van der Waals surface area (Å²) in [6, 6.07) is 66.4. The molecule has 12 aromatic rings. The van der Waals surface area contributed by atoms with Crippen molar-refractivity contribution in [1.29, 1.82) is 0 Å². The summed E-state index contributed by atoms with van der Waals surface area (Å²) in [6.45, 7) is 8.43. The fourth-order valence-electron chi connectivity index (χ4n) is 8.29. The number of hydrogen-bond acceptors (Lipinski definition) is 4. The second kappa shape index (κ2) is 21.5. The van der Waals surface area contributed by atoms with Crippen LogP contribution in [0.2, 0.25) is 0 Å². The molecule has 0 aliphatic heterocycles. The number of benzene rings is 4. The minimum absolute atomic E-state index is 1.01. The van der Waals surface area contributed by atoms with E-state index in [-0.39, 0.29) is 0 Å². The number of nitrogens with zero attached hydrogens (tertiary/aromatic N) is 8. The summed E-state index contributed by atoms with van der Waals surface area (Å²) in [5.41, 5.74) is 18.4. The van der Waals surface area contributed by atoms with Gasteiger partial charge in [-0.2, -0.15) is 0 Å². The number of imidazole rings is 4. The van der Waals surface area contributed by atoms with E-state index in [4.69, 9.17) is 0 Å². The van der Waals surface area contributed by atoms with E-state index in [0.29, 0.717) is 0 Å². The molecule has 4 aromatic carbocycles. The number of pyridine rings is 4. The van der Waals surface area contributed by atoms with E-state index in [2.05, 4.69) is 277 Å². The molecule has 0 amide bonds. The highest BCUT2D eigenvalue weighted by molar-refractivity contribution is 14.1. The summed E-state index contributed by atoms with van der Waals surface area (Å²) in [5.74, 6) is 0. The smallest absolute Gasteiger partial charge is 0.138 e. The Hall–Kier alpha value is -5.44. The molecule has 0 aliphatic rings. The van der Waals surface area contributed by atoms with E-state index >= 15 is 0 Å². The van der Waals surface area contributed by atoms with Crippen LogP contribution in [0.3, 0.4) is 0 Å². The van der Waals surface area contributed by atoms with Gasteiger partial charge in [-0.15, -0.1) is 0 Å². The van der Waals surface area contributed by atoms with Gasteiger partial charge in [-0.05, 0) is 167 Å². The first-order valence-electron chi connectivity index (χ1n) is 21.8. The Morgan fingerprint density at radius 2 is 0.441 bits per heavy atom. The van der Waals surface area contributed by atoms with Crippen molar-refractivity contribution in [3.05, 3.63) is 232 Å². The highest BCUT2D eigenvalue weighted by Gasteiger charge is 2.16. The molecule has 0 aliphatic carbocycles. The molecule has 8 heterocycles. The molecular weight excluding hydrogens is 1290 g/mol. The maximum atomic E-state index is 4.60.